The number of nitrogens with zero attached hydrogens (tertiary/aromatic N) is 1. The minimum absolute atomic E-state index is 0.0303. The van der Waals surface area contributed by atoms with Gasteiger partial charge in [0.15, 0.2) is 0 Å². The van der Waals surface area contributed by atoms with Crippen LogP contribution in [0.15, 0.2) is 176 Å². The Morgan fingerprint density at radius 3 is 1.80 bits per heavy atom. The van der Waals surface area contributed by atoms with Gasteiger partial charge in [-0.2, -0.15) is 0 Å². The third kappa shape index (κ3) is 4.67. The van der Waals surface area contributed by atoms with Crippen LogP contribution in [0.1, 0.15) is 25.0 Å². The van der Waals surface area contributed by atoms with Gasteiger partial charge in [0, 0.05) is 37.8 Å². The standard InChI is InChI=1S/C49H35NS/c1-49(2)43-20-9-8-17-42(43)46-44(49)31-30-41-40-19-11-21-45(47(40)51-48(41)46)50(36-26-22-33(23-27-36)32-12-4-3-5-13-32)37-28-24-35(25-29-37)39-18-10-15-34-14-6-7-16-38(34)39/h3-31H,1-2H3. The Labute approximate surface area is 302 Å². The number of rotatable bonds is 5. The number of thiophene rings is 1. The van der Waals surface area contributed by atoms with E-state index in [9.17, 15) is 0 Å². The molecular weight excluding hydrogens is 635 g/mol. The van der Waals surface area contributed by atoms with E-state index in [-0.39, 0.29) is 5.41 Å². The topological polar surface area (TPSA) is 3.24 Å². The summed E-state index contributed by atoms with van der Waals surface area (Å²) in [6.07, 6.45) is 0. The number of hydrogen-bond acceptors (Lipinski definition) is 2. The summed E-state index contributed by atoms with van der Waals surface area (Å²) >= 11 is 1.94. The largest absolute Gasteiger partial charge is 0.309 e. The second kappa shape index (κ2) is 11.6. The van der Waals surface area contributed by atoms with Gasteiger partial charge < -0.3 is 4.90 Å². The van der Waals surface area contributed by atoms with Gasteiger partial charge >= 0.3 is 0 Å². The number of benzene rings is 8. The Bertz CT molecular complexity index is 2750. The van der Waals surface area contributed by atoms with Gasteiger partial charge in [-0.05, 0) is 80.0 Å². The fourth-order valence-electron chi connectivity index (χ4n) is 8.33. The lowest BCUT2D eigenvalue weighted by molar-refractivity contribution is 0.661. The number of hydrogen-bond donors (Lipinski definition) is 0. The summed E-state index contributed by atoms with van der Waals surface area (Å²) in [5, 5.41) is 5.16. The van der Waals surface area contributed by atoms with Crippen LogP contribution in [0.4, 0.5) is 17.1 Å². The molecule has 9 aromatic rings. The molecule has 0 amide bonds. The normalized spacial score (nSPS) is 13.1. The molecule has 0 unspecified atom stereocenters. The minimum Gasteiger partial charge on any atom is -0.309 e. The van der Waals surface area contributed by atoms with Crippen LogP contribution in [0, 0.1) is 0 Å². The van der Waals surface area contributed by atoms with Crippen LogP contribution < -0.4 is 4.90 Å². The van der Waals surface area contributed by atoms with Gasteiger partial charge in [0.1, 0.15) is 0 Å². The molecule has 1 aromatic heterocycles. The molecule has 51 heavy (non-hydrogen) atoms. The Balaban J connectivity index is 1.17. The first-order chi connectivity index (χ1) is 25.1. The molecule has 1 heterocycles. The molecule has 1 nitrogen and oxygen atoms in total. The molecule has 1 aliphatic carbocycles. The van der Waals surface area contributed by atoms with Crippen LogP contribution in [0.25, 0.3) is 64.3 Å². The van der Waals surface area contributed by atoms with Crippen molar-refractivity contribution in [2.24, 2.45) is 0 Å². The molecule has 0 spiro atoms. The molecule has 0 saturated heterocycles. The van der Waals surface area contributed by atoms with Crippen LogP contribution in [-0.4, -0.2) is 0 Å². The predicted molar refractivity (Wildman–Crippen MR) is 220 cm³/mol. The summed E-state index contributed by atoms with van der Waals surface area (Å²) < 4.78 is 2.67. The lowest BCUT2D eigenvalue weighted by Gasteiger charge is -2.26. The van der Waals surface area contributed by atoms with Crippen molar-refractivity contribution >= 4 is 59.3 Å². The second-order valence-corrected chi connectivity index (χ2v) is 15.1. The van der Waals surface area contributed by atoms with Gasteiger partial charge in [0.2, 0.25) is 0 Å². The monoisotopic (exact) mass is 669 g/mol. The molecule has 0 radical (unpaired) electrons. The third-order valence-electron chi connectivity index (χ3n) is 10.9. The van der Waals surface area contributed by atoms with Crippen LogP contribution in [-0.2, 0) is 5.41 Å². The Hall–Kier alpha value is -5.96. The van der Waals surface area contributed by atoms with Crippen molar-refractivity contribution in [3.63, 3.8) is 0 Å². The van der Waals surface area contributed by atoms with Gasteiger partial charge in [-0.1, -0.05) is 159 Å². The highest BCUT2D eigenvalue weighted by Gasteiger charge is 2.37. The highest BCUT2D eigenvalue weighted by atomic mass is 32.1. The molecule has 2 heteroatoms. The Morgan fingerprint density at radius 2 is 1.00 bits per heavy atom. The molecule has 0 bridgehead atoms. The van der Waals surface area contributed by atoms with E-state index in [2.05, 4.69) is 195 Å². The van der Waals surface area contributed by atoms with Crippen LogP contribution in [0.3, 0.4) is 0 Å². The van der Waals surface area contributed by atoms with E-state index in [1.165, 1.54) is 81.1 Å². The van der Waals surface area contributed by atoms with E-state index < -0.39 is 0 Å². The van der Waals surface area contributed by atoms with Crippen LogP contribution >= 0.6 is 11.3 Å². The summed E-state index contributed by atoms with van der Waals surface area (Å²) in [6.45, 7) is 4.73. The summed E-state index contributed by atoms with van der Waals surface area (Å²) in [5.41, 5.74) is 13.9. The highest BCUT2D eigenvalue weighted by Crippen LogP contribution is 2.55. The molecule has 0 N–H and O–H groups in total. The number of anilines is 3. The summed E-state index contributed by atoms with van der Waals surface area (Å²) in [7, 11) is 0. The van der Waals surface area contributed by atoms with E-state index >= 15 is 0 Å². The second-order valence-electron chi connectivity index (χ2n) is 14.1. The lowest BCUT2D eigenvalue weighted by atomic mass is 9.82. The van der Waals surface area contributed by atoms with Gasteiger partial charge in [-0.3, -0.25) is 0 Å². The van der Waals surface area contributed by atoms with E-state index in [0.29, 0.717) is 0 Å². The molecule has 1 aliphatic rings. The van der Waals surface area contributed by atoms with E-state index in [0.717, 1.165) is 11.4 Å². The fourth-order valence-corrected chi connectivity index (χ4v) is 9.70. The van der Waals surface area contributed by atoms with E-state index in [4.69, 9.17) is 0 Å². The molecular formula is C49H35NS. The van der Waals surface area contributed by atoms with E-state index in [1.807, 2.05) is 11.3 Å². The van der Waals surface area contributed by atoms with Crippen molar-refractivity contribution in [2.75, 3.05) is 4.90 Å². The van der Waals surface area contributed by atoms with Gasteiger partial charge in [-0.15, -0.1) is 11.3 Å². The Morgan fingerprint density at radius 1 is 0.412 bits per heavy atom. The lowest BCUT2D eigenvalue weighted by Crippen LogP contribution is -2.14. The SMILES string of the molecule is CC1(C)c2ccccc2-c2c1ccc1c2sc2c(N(c3ccc(-c4ccccc4)cc3)c3ccc(-c4cccc5ccccc45)cc3)cccc21. The third-order valence-corrected chi connectivity index (χ3v) is 12.2. The predicted octanol–water partition coefficient (Wildman–Crippen LogP) is 14.3. The molecule has 0 saturated carbocycles. The van der Waals surface area contributed by atoms with Crippen LogP contribution in [0.2, 0.25) is 0 Å². The highest BCUT2D eigenvalue weighted by molar-refractivity contribution is 7.27. The zero-order valence-corrected chi connectivity index (χ0v) is 29.4. The summed E-state index contributed by atoms with van der Waals surface area (Å²) in [5.74, 6) is 0. The van der Waals surface area contributed by atoms with Crippen molar-refractivity contribution < 1.29 is 0 Å². The summed E-state index contributed by atoms with van der Waals surface area (Å²) in [4.78, 5) is 2.44. The van der Waals surface area contributed by atoms with Crippen molar-refractivity contribution in [3.05, 3.63) is 187 Å². The fraction of sp³-hybridized carbons (Fsp3) is 0.0612. The van der Waals surface area contributed by atoms with E-state index in [1.54, 1.807) is 0 Å². The van der Waals surface area contributed by atoms with Crippen molar-refractivity contribution in [2.45, 2.75) is 19.3 Å². The molecule has 10 rings (SSSR count). The first-order valence-electron chi connectivity index (χ1n) is 17.7. The average molecular weight is 670 g/mol. The summed E-state index contributed by atoms with van der Waals surface area (Å²) in [6, 6.07) is 64.5. The number of fused-ring (bicyclic) bond motifs is 8. The Kier molecular flexibility index (Phi) is 6.78. The molecule has 0 aliphatic heterocycles. The van der Waals surface area contributed by atoms with Crippen LogP contribution in [0.5, 0.6) is 0 Å². The van der Waals surface area contributed by atoms with Crippen molar-refractivity contribution in [3.8, 4) is 33.4 Å². The quantitative estimate of drug-likeness (QED) is 0.176. The maximum Gasteiger partial charge on any atom is 0.0640 e. The zero-order valence-electron chi connectivity index (χ0n) is 28.6. The van der Waals surface area contributed by atoms with Gasteiger partial charge in [0.05, 0.1) is 10.4 Å². The molecule has 0 fully saturated rings. The van der Waals surface area contributed by atoms with Crippen molar-refractivity contribution in [1.82, 2.24) is 0 Å². The first-order valence-corrected chi connectivity index (χ1v) is 18.5. The molecule has 242 valence electrons. The first kappa shape index (κ1) is 29.9. The maximum atomic E-state index is 2.44. The minimum atomic E-state index is -0.0303. The zero-order chi connectivity index (χ0) is 34.1. The smallest absolute Gasteiger partial charge is 0.0640 e. The maximum absolute atomic E-state index is 2.44. The van der Waals surface area contributed by atoms with Gasteiger partial charge in [0.25, 0.3) is 0 Å². The van der Waals surface area contributed by atoms with Gasteiger partial charge in [-0.25, -0.2) is 0 Å². The molecule has 8 aromatic carbocycles. The van der Waals surface area contributed by atoms with Crippen molar-refractivity contribution in [1.29, 1.82) is 0 Å². The average Bonchev–Trinajstić information content (AvgIpc) is 3.68. The molecule has 0 atom stereocenters.